The van der Waals surface area contributed by atoms with E-state index in [1.54, 1.807) is 24.3 Å². The predicted molar refractivity (Wildman–Crippen MR) is 77.0 cm³/mol. The van der Waals surface area contributed by atoms with Crippen molar-refractivity contribution in [2.75, 3.05) is 25.1 Å². The average Bonchev–Trinajstić information content (AvgIpc) is 2.44. The van der Waals surface area contributed by atoms with Gasteiger partial charge in [0.1, 0.15) is 0 Å². The van der Waals surface area contributed by atoms with E-state index in [9.17, 15) is 13.2 Å². The molecular weight excluding hydrogens is 276 g/mol. The summed E-state index contributed by atoms with van der Waals surface area (Å²) in [5.41, 5.74) is 1.12. The molecule has 0 N–H and O–H groups in total. The first-order valence-electron chi connectivity index (χ1n) is 6.82. The highest BCUT2D eigenvalue weighted by Gasteiger charge is 2.31. The van der Waals surface area contributed by atoms with Crippen LogP contribution in [0.3, 0.4) is 0 Å². The Balaban J connectivity index is 1.89. The number of amides is 1. The van der Waals surface area contributed by atoms with Crippen molar-refractivity contribution in [3.63, 3.8) is 0 Å². The minimum atomic E-state index is -3.03. The summed E-state index contributed by atoms with van der Waals surface area (Å²) in [4.78, 5) is 17.9. The number of hydrogen-bond donors (Lipinski definition) is 0. The summed E-state index contributed by atoms with van der Waals surface area (Å²) >= 11 is 0. The van der Waals surface area contributed by atoms with E-state index in [-0.39, 0.29) is 23.3 Å². The smallest absolute Gasteiger partial charge is 0.226 e. The standard InChI is InChI=1S/C14H20N2O3S/c1-16(9-6-12-4-7-15-8-5-12)14(17)13-3-2-10-20(18,19)11-13/h4-5,7-8,13H,2-3,6,9-11H2,1H3. The van der Waals surface area contributed by atoms with Crippen molar-refractivity contribution in [1.82, 2.24) is 9.88 Å². The van der Waals surface area contributed by atoms with Gasteiger partial charge in [-0.3, -0.25) is 9.78 Å². The van der Waals surface area contributed by atoms with Gasteiger partial charge in [-0.1, -0.05) is 0 Å². The first-order chi connectivity index (χ1) is 9.48. The van der Waals surface area contributed by atoms with Gasteiger partial charge in [0, 0.05) is 26.0 Å². The van der Waals surface area contributed by atoms with E-state index >= 15 is 0 Å². The Kier molecular flexibility index (Phi) is 4.75. The monoisotopic (exact) mass is 296 g/mol. The van der Waals surface area contributed by atoms with Gasteiger partial charge in [0.2, 0.25) is 5.91 Å². The second-order valence-corrected chi connectivity index (χ2v) is 7.55. The predicted octanol–water partition coefficient (Wildman–Crippen LogP) is 0.907. The fourth-order valence-electron chi connectivity index (χ4n) is 2.49. The average molecular weight is 296 g/mol. The normalized spacial score (nSPS) is 21.4. The number of hydrogen-bond acceptors (Lipinski definition) is 4. The fraction of sp³-hybridized carbons (Fsp3) is 0.571. The maximum absolute atomic E-state index is 12.3. The van der Waals surface area contributed by atoms with Gasteiger partial charge in [0.05, 0.1) is 17.4 Å². The molecule has 1 aliphatic rings. The van der Waals surface area contributed by atoms with E-state index in [4.69, 9.17) is 0 Å². The summed E-state index contributed by atoms with van der Waals surface area (Å²) in [6.45, 7) is 0.597. The molecule has 0 spiro atoms. The third-order valence-electron chi connectivity index (χ3n) is 3.67. The zero-order valence-corrected chi connectivity index (χ0v) is 12.5. The van der Waals surface area contributed by atoms with Crippen molar-refractivity contribution in [2.24, 2.45) is 5.92 Å². The Morgan fingerprint density at radius 1 is 1.40 bits per heavy atom. The van der Waals surface area contributed by atoms with Crippen LogP contribution in [0.4, 0.5) is 0 Å². The largest absolute Gasteiger partial charge is 0.345 e. The molecule has 1 atom stereocenters. The molecule has 2 rings (SSSR count). The lowest BCUT2D eigenvalue weighted by molar-refractivity contribution is -0.133. The molecule has 0 bridgehead atoms. The molecule has 0 saturated carbocycles. The van der Waals surface area contributed by atoms with Crippen molar-refractivity contribution >= 4 is 15.7 Å². The fourth-order valence-corrected chi connectivity index (χ4v) is 4.18. The van der Waals surface area contributed by atoms with E-state index in [1.807, 2.05) is 12.1 Å². The zero-order valence-electron chi connectivity index (χ0n) is 11.7. The molecule has 1 aromatic heterocycles. The molecule has 1 fully saturated rings. The van der Waals surface area contributed by atoms with Crippen LogP contribution in [0.25, 0.3) is 0 Å². The summed E-state index contributed by atoms with van der Waals surface area (Å²) in [6.07, 6.45) is 5.48. The lowest BCUT2D eigenvalue weighted by Crippen LogP contribution is -2.40. The third-order valence-corrected chi connectivity index (χ3v) is 5.49. The third kappa shape index (κ3) is 4.03. The SMILES string of the molecule is CN(CCc1ccncc1)C(=O)C1CCCS(=O)(=O)C1. The highest BCUT2D eigenvalue weighted by atomic mass is 32.2. The molecule has 1 unspecified atom stereocenters. The van der Waals surface area contributed by atoms with Gasteiger partial charge in [0.15, 0.2) is 9.84 Å². The molecule has 1 saturated heterocycles. The van der Waals surface area contributed by atoms with Crippen LogP contribution >= 0.6 is 0 Å². The van der Waals surface area contributed by atoms with Crippen LogP contribution in [0.5, 0.6) is 0 Å². The Morgan fingerprint density at radius 2 is 2.10 bits per heavy atom. The van der Waals surface area contributed by atoms with Crippen molar-refractivity contribution in [1.29, 1.82) is 0 Å². The number of nitrogens with zero attached hydrogens (tertiary/aromatic N) is 2. The van der Waals surface area contributed by atoms with Gasteiger partial charge in [0.25, 0.3) is 0 Å². The molecule has 0 radical (unpaired) electrons. The van der Waals surface area contributed by atoms with Crippen molar-refractivity contribution in [3.8, 4) is 0 Å². The Morgan fingerprint density at radius 3 is 2.75 bits per heavy atom. The molecule has 1 amide bonds. The topological polar surface area (TPSA) is 67.3 Å². The number of aromatic nitrogens is 1. The Hall–Kier alpha value is -1.43. The molecular formula is C14H20N2O3S. The van der Waals surface area contributed by atoms with Crippen LogP contribution in [-0.4, -0.2) is 49.3 Å². The number of sulfone groups is 1. The first kappa shape index (κ1) is 15.0. The van der Waals surface area contributed by atoms with Crippen molar-refractivity contribution < 1.29 is 13.2 Å². The minimum Gasteiger partial charge on any atom is -0.345 e. The summed E-state index contributed by atoms with van der Waals surface area (Å²) in [6, 6.07) is 3.84. The Labute approximate surface area is 119 Å². The number of carbonyl (C=O) groups excluding carboxylic acids is 1. The van der Waals surface area contributed by atoms with Crippen molar-refractivity contribution in [2.45, 2.75) is 19.3 Å². The van der Waals surface area contributed by atoms with Gasteiger partial charge in [-0.05, 0) is 37.0 Å². The molecule has 0 aromatic carbocycles. The molecule has 1 aromatic rings. The summed E-state index contributed by atoms with van der Waals surface area (Å²) < 4.78 is 23.2. The van der Waals surface area contributed by atoms with Crippen LogP contribution in [0, 0.1) is 5.92 Å². The highest BCUT2D eigenvalue weighted by Crippen LogP contribution is 2.20. The summed E-state index contributed by atoms with van der Waals surface area (Å²) in [7, 11) is -1.29. The summed E-state index contributed by atoms with van der Waals surface area (Å²) in [5, 5.41) is 0. The molecule has 6 heteroatoms. The number of rotatable bonds is 4. The van der Waals surface area contributed by atoms with Gasteiger partial charge >= 0.3 is 0 Å². The van der Waals surface area contributed by atoms with Gasteiger partial charge in [-0.15, -0.1) is 0 Å². The molecule has 5 nitrogen and oxygen atoms in total. The minimum absolute atomic E-state index is 0.00539. The van der Waals surface area contributed by atoms with E-state index in [0.29, 0.717) is 19.4 Å². The molecule has 20 heavy (non-hydrogen) atoms. The van der Waals surface area contributed by atoms with Crippen LogP contribution in [0.15, 0.2) is 24.5 Å². The van der Waals surface area contributed by atoms with E-state index in [2.05, 4.69) is 4.98 Å². The second-order valence-electron chi connectivity index (χ2n) is 5.32. The van der Waals surface area contributed by atoms with Gasteiger partial charge < -0.3 is 4.90 Å². The van der Waals surface area contributed by atoms with E-state index < -0.39 is 9.84 Å². The maximum Gasteiger partial charge on any atom is 0.226 e. The van der Waals surface area contributed by atoms with Crippen molar-refractivity contribution in [3.05, 3.63) is 30.1 Å². The van der Waals surface area contributed by atoms with Gasteiger partial charge in [-0.25, -0.2) is 8.42 Å². The lowest BCUT2D eigenvalue weighted by Gasteiger charge is -2.26. The highest BCUT2D eigenvalue weighted by molar-refractivity contribution is 7.91. The molecule has 1 aliphatic heterocycles. The second kappa shape index (κ2) is 6.35. The zero-order chi connectivity index (χ0) is 14.6. The molecule has 110 valence electrons. The van der Waals surface area contributed by atoms with Crippen LogP contribution in [0.2, 0.25) is 0 Å². The molecule has 2 heterocycles. The van der Waals surface area contributed by atoms with Gasteiger partial charge in [-0.2, -0.15) is 0 Å². The lowest BCUT2D eigenvalue weighted by atomic mass is 10.0. The number of likely N-dealkylation sites (N-methyl/N-ethyl adjacent to an activating group) is 1. The number of pyridine rings is 1. The summed E-state index contributed by atoms with van der Waals surface area (Å²) in [5.74, 6) is -0.193. The van der Waals surface area contributed by atoms with E-state index in [0.717, 1.165) is 12.0 Å². The maximum atomic E-state index is 12.3. The Bertz CT molecular complexity index is 557. The molecule has 0 aliphatic carbocycles. The van der Waals surface area contributed by atoms with Crippen LogP contribution in [-0.2, 0) is 21.1 Å². The van der Waals surface area contributed by atoms with E-state index in [1.165, 1.54) is 0 Å². The first-order valence-corrected chi connectivity index (χ1v) is 8.64. The quantitative estimate of drug-likeness (QED) is 0.828. The van der Waals surface area contributed by atoms with Crippen LogP contribution in [0.1, 0.15) is 18.4 Å². The number of carbonyl (C=O) groups is 1. The van der Waals surface area contributed by atoms with Crippen LogP contribution < -0.4 is 0 Å².